The molecule has 0 saturated heterocycles. The summed E-state index contributed by atoms with van der Waals surface area (Å²) >= 11 is 1.59. The lowest BCUT2D eigenvalue weighted by Crippen LogP contribution is -2.16. The van der Waals surface area contributed by atoms with Crippen molar-refractivity contribution in [2.75, 3.05) is 13.7 Å². The fraction of sp³-hybridized carbons (Fsp3) is 0.541. The molecule has 0 saturated carbocycles. The van der Waals surface area contributed by atoms with Gasteiger partial charge in [0.2, 0.25) is 0 Å². The standard InChI is InChI=1S/C21H24N2OS.C7H16O.C3H8.C2H4O.2C2H6/c1-6-8-10-18-15(4)22-12-19(18)20-13-25-21(23-20)14(3)11-17(9-7-2)16(5)24;1-5-7(2,3)6-8-4;1-3-2;1-2-3;2*1-2/h6,8-13,22H,1,7H2,2-5H3;5-6H2,1-4H3;3H2,1-2H3;2H,1H3;2*1-2H3/b10-8-,14-11+,17-9+;;;;;. The van der Waals surface area contributed by atoms with Crippen LogP contribution in [-0.2, 0) is 14.3 Å². The van der Waals surface area contributed by atoms with Crippen LogP contribution in [0.5, 0.6) is 0 Å². The van der Waals surface area contributed by atoms with Crippen LogP contribution in [-0.4, -0.2) is 35.8 Å². The van der Waals surface area contributed by atoms with Gasteiger partial charge >= 0.3 is 0 Å². The number of carbonyl (C=O) groups is 2. The maximum Gasteiger partial charge on any atom is 0.159 e. The zero-order chi connectivity index (χ0) is 34.4. The monoisotopic (exact) mass is 616 g/mol. The summed E-state index contributed by atoms with van der Waals surface area (Å²) in [6.45, 7) is 32.5. The third kappa shape index (κ3) is 22.4. The summed E-state index contributed by atoms with van der Waals surface area (Å²) in [6.07, 6.45) is 15.6. The molecule has 0 fully saturated rings. The molecule has 0 atom stereocenters. The van der Waals surface area contributed by atoms with Gasteiger partial charge in [-0.15, -0.1) is 11.3 Å². The van der Waals surface area contributed by atoms with Crippen LogP contribution in [0.1, 0.15) is 126 Å². The summed E-state index contributed by atoms with van der Waals surface area (Å²) in [7, 11) is 1.75. The first kappa shape index (κ1) is 47.1. The molecule has 0 aliphatic carbocycles. The average Bonchev–Trinajstić information content (AvgIpc) is 3.62. The number of aryl methyl sites for hydroxylation is 1. The van der Waals surface area contributed by atoms with Crippen LogP contribution in [0.3, 0.4) is 0 Å². The van der Waals surface area contributed by atoms with Crippen molar-refractivity contribution in [1.82, 2.24) is 9.97 Å². The van der Waals surface area contributed by atoms with Crippen molar-refractivity contribution >= 4 is 35.1 Å². The van der Waals surface area contributed by atoms with Crippen molar-refractivity contribution in [1.29, 1.82) is 0 Å². The fourth-order valence-corrected chi connectivity index (χ4v) is 3.82. The molecule has 5 nitrogen and oxygen atoms in total. The fourth-order valence-electron chi connectivity index (χ4n) is 3.02. The van der Waals surface area contributed by atoms with Gasteiger partial charge in [-0.05, 0) is 57.6 Å². The number of thiazole rings is 1. The number of ether oxygens (including phenoxy) is 1. The maximum absolute atomic E-state index is 11.7. The maximum atomic E-state index is 11.7. The Labute approximate surface area is 269 Å². The third-order valence-corrected chi connectivity index (χ3v) is 6.32. The van der Waals surface area contributed by atoms with E-state index < -0.39 is 0 Å². The van der Waals surface area contributed by atoms with E-state index in [1.165, 1.54) is 19.8 Å². The Hall–Kier alpha value is -2.83. The van der Waals surface area contributed by atoms with Gasteiger partial charge in [-0.25, -0.2) is 4.98 Å². The van der Waals surface area contributed by atoms with E-state index in [9.17, 15) is 4.79 Å². The lowest BCUT2D eigenvalue weighted by Gasteiger charge is -2.20. The number of allylic oxidation sites excluding steroid dienone is 6. The number of nitrogens with zero attached hydrogens (tertiary/aromatic N) is 1. The number of hydrogen-bond donors (Lipinski definition) is 1. The Balaban J connectivity index is -0.000000350. The van der Waals surface area contributed by atoms with E-state index in [2.05, 4.69) is 51.6 Å². The molecule has 0 radical (unpaired) electrons. The Bertz CT molecular complexity index is 1070. The largest absolute Gasteiger partial charge is 0.384 e. The van der Waals surface area contributed by atoms with E-state index in [1.54, 1.807) is 31.4 Å². The van der Waals surface area contributed by atoms with Crippen LogP contribution in [0.2, 0.25) is 0 Å². The molecule has 0 unspecified atom stereocenters. The molecule has 6 heteroatoms. The number of methoxy groups -OCH3 is 1. The van der Waals surface area contributed by atoms with Crippen LogP contribution in [0, 0.1) is 12.3 Å². The normalized spacial score (nSPS) is 10.7. The lowest BCUT2D eigenvalue weighted by molar-refractivity contribution is -0.113. The molecule has 0 aliphatic rings. The van der Waals surface area contributed by atoms with Crippen LogP contribution < -0.4 is 0 Å². The topological polar surface area (TPSA) is 72.0 Å². The van der Waals surface area contributed by atoms with E-state index in [0.717, 1.165) is 58.0 Å². The molecule has 0 aliphatic heterocycles. The second kappa shape index (κ2) is 30.6. The SMILES string of the molecule is C=C/C=C\c1c(-c2csc(/C(C)=C/C(=C\CC)C(C)=O)n2)c[nH]c1C.CC.CC.CC=O.CCC.CCC(C)(C)COC. The van der Waals surface area contributed by atoms with Gasteiger partial charge in [0, 0.05) is 41.1 Å². The number of hydrogen-bond acceptors (Lipinski definition) is 5. The van der Waals surface area contributed by atoms with Crippen molar-refractivity contribution < 1.29 is 14.3 Å². The van der Waals surface area contributed by atoms with Crippen LogP contribution in [0.4, 0.5) is 0 Å². The predicted octanol–water partition coefficient (Wildman–Crippen LogP) is 11.7. The molecule has 0 spiro atoms. The zero-order valence-electron chi connectivity index (χ0n) is 30.2. The minimum atomic E-state index is 0.0797. The van der Waals surface area contributed by atoms with Crippen LogP contribution >= 0.6 is 11.3 Å². The van der Waals surface area contributed by atoms with E-state index in [1.807, 2.05) is 79.0 Å². The number of rotatable bonds is 10. The molecular formula is C37H64N2O3S. The van der Waals surface area contributed by atoms with Crippen LogP contribution in [0.25, 0.3) is 22.9 Å². The number of aldehydes is 1. The van der Waals surface area contributed by atoms with Gasteiger partial charge in [0.25, 0.3) is 0 Å². The molecule has 2 heterocycles. The van der Waals surface area contributed by atoms with Crippen molar-refractivity contribution in [2.45, 2.75) is 116 Å². The van der Waals surface area contributed by atoms with Gasteiger partial charge in [-0.2, -0.15) is 0 Å². The average molecular weight is 617 g/mol. The van der Waals surface area contributed by atoms with E-state index >= 15 is 0 Å². The quantitative estimate of drug-likeness (QED) is 0.164. The van der Waals surface area contributed by atoms with Gasteiger partial charge in [0.05, 0.1) is 12.3 Å². The van der Waals surface area contributed by atoms with Crippen molar-refractivity contribution in [2.24, 2.45) is 5.41 Å². The first-order chi connectivity index (χ1) is 20.4. The van der Waals surface area contributed by atoms with E-state index in [4.69, 9.17) is 14.5 Å². The molecule has 1 N–H and O–H groups in total. The number of Topliss-reactive ketones (excluding diaryl/α,β-unsaturated/α-hetero) is 1. The molecule has 2 aromatic heterocycles. The number of nitrogens with one attached hydrogen (secondary N) is 1. The highest BCUT2D eigenvalue weighted by Crippen LogP contribution is 2.31. The highest BCUT2D eigenvalue weighted by atomic mass is 32.1. The summed E-state index contributed by atoms with van der Waals surface area (Å²) in [4.78, 5) is 28.6. The van der Waals surface area contributed by atoms with Gasteiger partial charge in [-0.3, -0.25) is 4.79 Å². The number of ketones is 1. The van der Waals surface area contributed by atoms with Gasteiger partial charge in [0.15, 0.2) is 5.78 Å². The highest BCUT2D eigenvalue weighted by molar-refractivity contribution is 7.11. The number of aromatic amines is 1. The van der Waals surface area contributed by atoms with Crippen molar-refractivity contribution in [3.63, 3.8) is 0 Å². The Kier molecular flexibility index (Phi) is 33.5. The summed E-state index contributed by atoms with van der Waals surface area (Å²) in [5.74, 6) is 0.0797. The zero-order valence-corrected chi connectivity index (χ0v) is 31.1. The third-order valence-electron chi connectivity index (χ3n) is 5.34. The van der Waals surface area contributed by atoms with Gasteiger partial charge in [-0.1, -0.05) is 107 Å². The van der Waals surface area contributed by atoms with Gasteiger partial charge in [0.1, 0.15) is 11.3 Å². The second-order valence-corrected chi connectivity index (χ2v) is 10.6. The summed E-state index contributed by atoms with van der Waals surface area (Å²) < 4.78 is 5.00. The van der Waals surface area contributed by atoms with E-state index in [0.29, 0.717) is 5.41 Å². The minimum absolute atomic E-state index is 0.0797. The highest BCUT2D eigenvalue weighted by Gasteiger charge is 2.14. The molecule has 0 bridgehead atoms. The number of carbonyl (C=O) groups excluding carboxylic acids is 2. The summed E-state index contributed by atoms with van der Waals surface area (Å²) in [5, 5.41) is 2.98. The summed E-state index contributed by atoms with van der Waals surface area (Å²) in [5.41, 5.74) is 6.33. The Morgan fingerprint density at radius 3 is 2.05 bits per heavy atom. The Morgan fingerprint density at radius 2 is 1.65 bits per heavy atom. The molecule has 2 rings (SSSR count). The molecule has 0 aromatic carbocycles. The number of H-pyrrole nitrogens is 1. The predicted molar refractivity (Wildman–Crippen MR) is 195 cm³/mol. The number of aromatic nitrogens is 2. The lowest BCUT2D eigenvalue weighted by atomic mass is 9.92. The first-order valence-corrected chi connectivity index (χ1v) is 16.5. The molecule has 43 heavy (non-hydrogen) atoms. The summed E-state index contributed by atoms with van der Waals surface area (Å²) in [6, 6.07) is 0. The first-order valence-electron chi connectivity index (χ1n) is 15.6. The molecule has 2 aromatic rings. The van der Waals surface area contributed by atoms with Gasteiger partial charge < -0.3 is 14.5 Å². The van der Waals surface area contributed by atoms with Crippen molar-refractivity contribution in [3.05, 3.63) is 64.3 Å². The smallest absolute Gasteiger partial charge is 0.159 e. The molecule has 246 valence electrons. The Morgan fingerprint density at radius 1 is 1.12 bits per heavy atom. The van der Waals surface area contributed by atoms with Crippen molar-refractivity contribution in [3.8, 4) is 11.3 Å². The minimum Gasteiger partial charge on any atom is -0.384 e. The molecular weight excluding hydrogens is 552 g/mol. The van der Waals surface area contributed by atoms with E-state index in [-0.39, 0.29) is 5.78 Å². The van der Waals surface area contributed by atoms with Crippen LogP contribution in [0.15, 0.2) is 48.0 Å². The molecule has 0 amide bonds. The second-order valence-electron chi connectivity index (χ2n) is 9.72.